The van der Waals surface area contributed by atoms with Gasteiger partial charge >= 0.3 is 5.97 Å². The van der Waals surface area contributed by atoms with Crippen LogP contribution in [0.5, 0.6) is 0 Å². The van der Waals surface area contributed by atoms with Gasteiger partial charge in [-0.25, -0.2) is 9.78 Å². The maximum Gasteiger partial charge on any atom is 0.382 e. The Morgan fingerprint density at radius 3 is 2.47 bits per heavy atom. The molecule has 0 radical (unpaired) electrons. The Balaban J connectivity index is 2.14. The lowest BCUT2D eigenvalue weighted by molar-refractivity contribution is -0.172. The number of pyridine rings is 1. The first-order valence-corrected chi connectivity index (χ1v) is 6.04. The van der Waals surface area contributed by atoms with Crippen LogP contribution in [0.2, 0.25) is 0 Å². The van der Waals surface area contributed by atoms with Crippen LogP contribution in [-0.4, -0.2) is 27.8 Å². The summed E-state index contributed by atoms with van der Waals surface area (Å²) < 4.78 is 0. The smallest absolute Gasteiger partial charge is 0.323 e. The van der Waals surface area contributed by atoms with Crippen molar-refractivity contribution in [2.75, 3.05) is 0 Å². The highest BCUT2D eigenvalue weighted by Gasteiger charge is 2.33. The summed E-state index contributed by atoms with van der Waals surface area (Å²) >= 11 is 0. The molecular weight excluding hydrogens is 248 g/mol. The first kappa shape index (κ1) is 13.2. The molecule has 1 fully saturated rings. The lowest BCUT2D eigenvalue weighted by atomic mass is 10.1. The SMILES string of the molecule is CC(C)c1cccc(C(=O)ON2C(=O)CCC2=O)n1. The first-order valence-electron chi connectivity index (χ1n) is 6.04. The summed E-state index contributed by atoms with van der Waals surface area (Å²) in [5.74, 6) is -1.63. The molecule has 0 saturated carbocycles. The molecule has 2 rings (SSSR count). The predicted molar refractivity (Wildman–Crippen MR) is 64.8 cm³/mol. The van der Waals surface area contributed by atoms with Crippen LogP contribution in [0, 0.1) is 0 Å². The summed E-state index contributed by atoms with van der Waals surface area (Å²) in [7, 11) is 0. The minimum atomic E-state index is -0.800. The Labute approximate surface area is 110 Å². The lowest BCUT2D eigenvalue weighted by Crippen LogP contribution is -2.32. The highest BCUT2D eigenvalue weighted by Crippen LogP contribution is 2.15. The van der Waals surface area contributed by atoms with Crippen molar-refractivity contribution >= 4 is 17.8 Å². The number of nitrogens with zero attached hydrogens (tertiary/aromatic N) is 2. The van der Waals surface area contributed by atoms with E-state index in [2.05, 4.69) is 4.98 Å². The highest BCUT2D eigenvalue weighted by molar-refractivity contribution is 6.02. The van der Waals surface area contributed by atoms with Gasteiger partial charge in [-0.3, -0.25) is 9.59 Å². The van der Waals surface area contributed by atoms with E-state index in [4.69, 9.17) is 4.84 Å². The molecule has 6 heteroatoms. The van der Waals surface area contributed by atoms with Crippen molar-refractivity contribution in [1.82, 2.24) is 10.0 Å². The Hall–Kier alpha value is -2.24. The highest BCUT2D eigenvalue weighted by atomic mass is 16.7. The average Bonchev–Trinajstić information content (AvgIpc) is 2.70. The van der Waals surface area contributed by atoms with Crippen LogP contribution in [-0.2, 0) is 14.4 Å². The number of imide groups is 1. The largest absolute Gasteiger partial charge is 0.382 e. The standard InChI is InChI=1S/C13H14N2O4/c1-8(2)9-4-3-5-10(14-9)13(18)19-15-11(16)6-7-12(15)17/h3-5,8H,6-7H2,1-2H3. The molecule has 0 aromatic carbocycles. The molecule has 1 saturated heterocycles. The van der Waals surface area contributed by atoms with Gasteiger partial charge in [-0.05, 0) is 18.1 Å². The number of aromatic nitrogens is 1. The molecule has 19 heavy (non-hydrogen) atoms. The summed E-state index contributed by atoms with van der Waals surface area (Å²) in [6, 6.07) is 4.97. The van der Waals surface area contributed by atoms with Gasteiger partial charge in [0.05, 0.1) is 0 Å². The van der Waals surface area contributed by atoms with E-state index in [9.17, 15) is 14.4 Å². The van der Waals surface area contributed by atoms with E-state index in [1.54, 1.807) is 12.1 Å². The first-order chi connectivity index (χ1) is 8.99. The molecule has 1 aliphatic rings. The normalized spacial score (nSPS) is 15.2. The Morgan fingerprint density at radius 1 is 1.26 bits per heavy atom. The third kappa shape index (κ3) is 2.78. The number of carbonyl (C=O) groups is 3. The van der Waals surface area contributed by atoms with Crippen LogP contribution < -0.4 is 0 Å². The van der Waals surface area contributed by atoms with Crippen molar-refractivity contribution in [3.05, 3.63) is 29.6 Å². The van der Waals surface area contributed by atoms with Crippen molar-refractivity contribution in [3.63, 3.8) is 0 Å². The van der Waals surface area contributed by atoms with Gasteiger partial charge in [-0.1, -0.05) is 19.9 Å². The van der Waals surface area contributed by atoms with Crippen molar-refractivity contribution < 1.29 is 19.2 Å². The van der Waals surface area contributed by atoms with Crippen LogP contribution in [0.4, 0.5) is 0 Å². The fourth-order valence-electron chi connectivity index (χ4n) is 1.67. The molecule has 0 aliphatic carbocycles. The van der Waals surface area contributed by atoms with Crippen LogP contribution >= 0.6 is 0 Å². The molecule has 1 aromatic heterocycles. The van der Waals surface area contributed by atoms with Crippen LogP contribution in [0.3, 0.4) is 0 Å². The summed E-state index contributed by atoms with van der Waals surface area (Å²) in [6.45, 7) is 3.90. The maximum atomic E-state index is 11.8. The van der Waals surface area contributed by atoms with E-state index in [1.165, 1.54) is 6.07 Å². The fraction of sp³-hybridized carbons (Fsp3) is 0.385. The number of hydroxylamine groups is 2. The van der Waals surface area contributed by atoms with Crippen LogP contribution in [0.1, 0.15) is 48.8 Å². The predicted octanol–water partition coefficient (Wildman–Crippen LogP) is 1.43. The molecule has 2 heterocycles. The minimum Gasteiger partial charge on any atom is -0.323 e. The molecule has 0 atom stereocenters. The average molecular weight is 262 g/mol. The van der Waals surface area contributed by atoms with Crippen molar-refractivity contribution in [2.24, 2.45) is 0 Å². The second-order valence-corrected chi connectivity index (χ2v) is 4.56. The quantitative estimate of drug-likeness (QED) is 0.770. The molecule has 6 nitrogen and oxygen atoms in total. The second-order valence-electron chi connectivity index (χ2n) is 4.56. The molecular formula is C13H14N2O4. The molecule has 1 aromatic rings. The summed E-state index contributed by atoms with van der Waals surface area (Å²) in [5, 5.41) is 0.520. The van der Waals surface area contributed by atoms with E-state index in [0.717, 1.165) is 5.69 Å². The van der Waals surface area contributed by atoms with Gasteiger partial charge in [-0.15, -0.1) is 5.06 Å². The summed E-state index contributed by atoms with van der Waals surface area (Å²) in [6.07, 6.45) is 0.150. The molecule has 0 N–H and O–H groups in total. The molecule has 0 unspecified atom stereocenters. The van der Waals surface area contributed by atoms with Crippen molar-refractivity contribution in [2.45, 2.75) is 32.6 Å². The fourth-order valence-corrected chi connectivity index (χ4v) is 1.67. The van der Waals surface area contributed by atoms with Gasteiger partial charge in [-0.2, -0.15) is 0 Å². The molecule has 100 valence electrons. The third-order valence-corrected chi connectivity index (χ3v) is 2.75. The molecule has 1 aliphatic heterocycles. The van der Waals surface area contributed by atoms with Crippen molar-refractivity contribution in [1.29, 1.82) is 0 Å². The lowest BCUT2D eigenvalue weighted by Gasteiger charge is -2.12. The Bertz CT molecular complexity index is 523. The molecule has 0 spiro atoms. The Morgan fingerprint density at radius 2 is 1.89 bits per heavy atom. The van der Waals surface area contributed by atoms with E-state index < -0.39 is 17.8 Å². The third-order valence-electron chi connectivity index (χ3n) is 2.75. The Kier molecular flexibility index (Phi) is 3.59. The van der Waals surface area contributed by atoms with E-state index in [1.807, 2.05) is 13.8 Å². The number of hydrogen-bond acceptors (Lipinski definition) is 5. The number of hydrogen-bond donors (Lipinski definition) is 0. The summed E-state index contributed by atoms with van der Waals surface area (Å²) in [4.78, 5) is 43.4. The second kappa shape index (κ2) is 5.17. The van der Waals surface area contributed by atoms with Crippen LogP contribution in [0.15, 0.2) is 18.2 Å². The van der Waals surface area contributed by atoms with E-state index in [-0.39, 0.29) is 24.5 Å². The van der Waals surface area contributed by atoms with Gasteiger partial charge in [0.2, 0.25) is 0 Å². The number of rotatable bonds is 3. The maximum absolute atomic E-state index is 11.8. The van der Waals surface area contributed by atoms with Gasteiger partial charge in [0.1, 0.15) is 0 Å². The minimum absolute atomic E-state index is 0.0750. The number of carbonyl (C=O) groups excluding carboxylic acids is 3. The topological polar surface area (TPSA) is 76.6 Å². The summed E-state index contributed by atoms with van der Waals surface area (Å²) in [5.41, 5.74) is 0.826. The van der Waals surface area contributed by atoms with E-state index in [0.29, 0.717) is 5.06 Å². The zero-order valence-electron chi connectivity index (χ0n) is 10.8. The van der Waals surface area contributed by atoms with Gasteiger partial charge in [0, 0.05) is 18.5 Å². The van der Waals surface area contributed by atoms with Gasteiger partial charge in [0.15, 0.2) is 5.69 Å². The van der Waals surface area contributed by atoms with Gasteiger partial charge < -0.3 is 4.84 Å². The van der Waals surface area contributed by atoms with Gasteiger partial charge in [0.25, 0.3) is 11.8 Å². The van der Waals surface area contributed by atoms with Crippen molar-refractivity contribution in [3.8, 4) is 0 Å². The zero-order valence-corrected chi connectivity index (χ0v) is 10.8. The van der Waals surface area contributed by atoms with Crippen LogP contribution in [0.25, 0.3) is 0 Å². The monoisotopic (exact) mass is 262 g/mol. The molecule has 0 bridgehead atoms. The zero-order chi connectivity index (χ0) is 14.0. The molecule has 2 amide bonds. The number of amides is 2. The van der Waals surface area contributed by atoms with E-state index >= 15 is 0 Å².